The Labute approximate surface area is 170 Å². The predicted octanol–water partition coefficient (Wildman–Crippen LogP) is 4.35. The molecule has 1 aromatic carbocycles. The normalized spacial score (nSPS) is 21.4. The van der Waals surface area contributed by atoms with E-state index in [9.17, 15) is 9.59 Å². The van der Waals surface area contributed by atoms with Crippen molar-refractivity contribution in [3.8, 4) is 11.1 Å². The zero-order valence-corrected chi connectivity index (χ0v) is 17.1. The van der Waals surface area contributed by atoms with Gasteiger partial charge in [-0.3, -0.25) is 9.59 Å². The monoisotopic (exact) mass is 398 g/mol. The zero-order chi connectivity index (χ0) is 19.7. The van der Waals surface area contributed by atoms with Gasteiger partial charge in [-0.25, -0.2) is 0 Å². The van der Waals surface area contributed by atoms with Gasteiger partial charge in [-0.15, -0.1) is 0 Å². The molecule has 0 unspecified atom stereocenters. The van der Waals surface area contributed by atoms with Crippen molar-refractivity contribution in [2.24, 2.45) is 5.92 Å². The first-order valence-corrected chi connectivity index (χ1v) is 10.7. The van der Waals surface area contributed by atoms with Crippen LogP contribution in [0.4, 0.5) is 0 Å². The minimum atomic E-state index is -0.122. The third-order valence-electron chi connectivity index (χ3n) is 6.22. The summed E-state index contributed by atoms with van der Waals surface area (Å²) in [6, 6.07) is 9.53. The Morgan fingerprint density at radius 2 is 1.89 bits per heavy atom. The molecule has 0 radical (unpaired) electrons. The second-order valence-electron chi connectivity index (χ2n) is 8.27. The molecule has 4 nitrogen and oxygen atoms in total. The summed E-state index contributed by atoms with van der Waals surface area (Å²) in [7, 11) is 0. The van der Waals surface area contributed by atoms with Crippen LogP contribution in [0.25, 0.3) is 11.1 Å². The minimum Gasteiger partial charge on any atom is -0.352 e. The molecule has 1 aromatic heterocycles. The maximum Gasteiger partial charge on any atom is 0.251 e. The molecule has 5 heteroatoms. The molecular weight excluding hydrogens is 372 g/mol. The van der Waals surface area contributed by atoms with Gasteiger partial charge in [0, 0.05) is 28.4 Å². The zero-order valence-electron chi connectivity index (χ0n) is 16.3. The van der Waals surface area contributed by atoms with Gasteiger partial charge >= 0.3 is 0 Å². The quantitative estimate of drug-likeness (QED) is 0.832. The van der Waals surface area contributed by atoms with Gasteiger partial charge in [0.25, 0.3) is 5.56 Å². The highest BCUT2D eigenvalue weighted by atomic mass is 35.5. The summed E-state index contributed by atoms with van der Waals surface area (Å²) < 4.78 is 1.67. The SMILES string of the molecule is CC1CCC(NC(=O)Cn2c3c(c(-c4ccccc4Cl)cc2=O)CCC3)CC1. The van der Waals surface area contributed by atoms with Gasteiger partial charge in [-0.2, -0.15) is 0 Å². The number of carbonyl (C=O) groups is 1. The largest absolute Gasteiger partial charge is 0.352 e. The van der Waals surface area contributed by atoms with Gasteiger partial charge in [0.1, 0.15) is 6.54 Å². The predicted molar refractivity (Wildman–Crippen MR) is 113 cm³/mol. The van der Waals surface area contributed by atoms with E-state index in [-0.39, 0.29) is 24.1 Å². The molecule has 1 heterocycles. The van der Waals surface area contributed by atoms with Crippen molar-refractivity contribution in [1.29, 1.82) is 0 Å². The van der Waals surface area contributed by atoms with E-state index in [0.29, 0.717) is 5.02 Å². The molecule has 28 heavy (non-hydrogen) atoms. The van der Waals surface area contributed by atoms with Crippen molar-refractivity contribution >= 4 is 17.5 Å². The van der Waals surface area contributed by atoms with Gasteiger partial charge in [-0.05, 0) is 68.1 Å². The molecule has 148 valence electrons. The van der Waals surface area contributed by atoms with Crippen LogP contribution in [0.3, 0.4) is 0 Å². The van der Waals surface area contributed by atoms with Crippen molar-refractivity contribution in [3.05, 3.63) is 57.0 Å². The number of aromatic nitrogens is 1. The van der Waals surface area contributed by atoms with Crippen LogP contribution < -0.4 is 10.9 Å². The molecule has 0 atom stereocenters. The van der Waals surface area contributed by atoms with E-state index in [2.05, 4.69) is 12.2 Å². The van der Waals surface area contributed by atoms with Gasteiger partial charge in [0.2, 0.25) is 5.91 Å². The third kappa shape index (κ3) is 3.88. The molecule has 2 aliphatic rings. The first kappa shape index (κ1) is 19.3. The second kappa shape index (κ2) is 8.12. The van der Waals surface area contributed by atoms with Crippen molar-refractivity contribution < 1.29 is 4.79 Å². The highest BCUT2D eigenvalue weighted by Crippen LogP contribution is 2.34. The highest BCUT2D eigenvalue weighted by Gasteiger charge is 2.24. The Morgan fingerprint density at radius 1 is 1.14 bits per heavy atom. The fraction of sp³-hybridized carbons (Fsp3) is 0.478. The van der Waals surface area contributed by atoms with Crippen LogP contribution >= 0.6 is 11.6 Å². The van der Waals surface area contributed by atoms with Crippen LogP contribution in [-0.4, -0.2) is 16.5 Å². The summed E-state index contributed by atoms with van der Waals surface area (Å²) in [6.45, 7) is 2.37. The summed E-state index contributed by atoms with van der Waals surface area (Å²) in [6.07, 6.45) is 7.13. The number of benzene rings is 1. The van der Waals surface area contributed by atoms with E-state index in [1.54, 1.807) is 10.6 Å². The van der Waals surface area contributed by atoms with Gasteiger partial charge in [0.05, 0.1) is 0 Å². The molecule has 4 rings (SSSR count). The Morgan fingerprint density at radius 3 is 2.64 bits per heavy atom. The smallest absolute Gasteiger partial charge is 0.251 e. The van der Waals surface area contributed by atoms with Gasteiger partial charge in [0.15, 0.2) is 0 Å². The fourth-order valence-electron chi connectivity index (χ4n) is 4.65. The summed E-state index contributed by atoms with van der Waals surface area (Å²) in [5.74, 6) is 0.692. The van der Waals surface area contributed by atoms with Gasteiger partial charge < -0.3 is 9.88 Å². The lowest BCUT2D eigenvalue weighted by atomic mass is 9.87. The molecule has 1 amide bonds. The number of hydrogen-bond acceptors (Lipinski definition) is 2. The highest BCUT2D eigenvalue weighted by molar-refractivity contribution is 6.33. The van der Waals surface area contributed by atoms with Crippen molar-refractivity contribution in [2.45, 2.75) is 64.5 Å². The molecule has 1 fully saturated rings. The first-order chi connectivity index (χ1) is 13.5. The van der Waals surface area contributed by atoms with E-state index in [1.807, 2.05) is 24.3 Å². The van der Waals surface area contributed by atoms with E-state index in [1.165, 1.54) is 0 Å². The lowest BCUT2D eigenvalue weighted by Crippen LogP contribution is -2.41. The number of nitrogens with one attached hydrogen (secondary N) is 1. The number of amides is 1. The lowest BCUT2D eigenvalue weighted by Gasteiger charge is -2.27. The molecule has 2 aliphatic carbocycles. The van der Waals surface area contributed by atoms with Crippen molar-refractivity contribution in [3.63, 3.8) is 0 Å². The van der Waals surface area contributed by atoms with E-state index < -0.39 is 0 Å². The summed E-state index contributed by atoms with van der Waals surface area (Å²) >= 11 is 6.38. The van der Waals surface area contributed by atoms with Crippen LogP contribution in [0, 0.1) is 5.92 Å². The van der Waals surface area contributed by atoms with Crippen molar-refractivity contribution in [2.75, 3.05) is 0 Å². The molecule has 0 saturated heterocycles. The van der Waals surface area contributed by atoms with Crippen LogP contribution in [0.15, 0.2) is 35.1 Å². The summed E-state index contributed by atoms with van der Waals surface area (Å²) in [5, 5.41) is 3.79. The van der Waals surface area contributed by atoms with E-state index in [0.717, 1.165) is 73.2 Å². The minimum absolute atomic E-state index is 0.0544. The molecule has 2 aromatic rings. The Balaban J connectivity index is 1.59. The van der Waals surface area contributed by atoms with Crippen LogP contribution in [-0.2, 0) is 24.2 Å². The van der Waals surface area contributed by atoms with E-state index >= 15 is 0 Å². The lowest BCUT2D eigenvalue weighted by molar-refractivity contribution is -0.122. The van der Waals surface area contributed by atoms with Crippen LogP contribution in [0.1, 0.15) is 50.3 Å². The van der Waals surface area contributed by atoms with Crippen molar-refractivity contribution in [1.82, 2.24) is 9.88 Å². The molecule has 0 spiro atoms. The molecule has 1 saturated carbocycles. The summed E-state index contributed by atoms with van der Waals surface area (Å²) in [4.78, 5) is 25.5. The molecule has 1 N–H and O–H groups in total. The van der Waals surface area contributed by atoms with Crippen LogP contribution in [0.5, 0.6) is 0 Å². The first-order valence-electron chi connectivity index (χ1n) is 10.3. The molecular formula is C23H27ClN2O2. The number of nitrogens with zero attached hydrogens (tertiary/aromatic N) is 1. The number of hydrogen-bond donors (Lipinski definition) is 1. The third-order valence-corrected chi connectivity index (χ3v) is 6.55. The maximum atomic E-state index is 12.9. The molecule has 0 aliphatic heterocycles. The van der Waals surface area contributed by atoms with E-state index in [4.69, 9.17) is 11.6 Å². The average molecular weight is 399 g/mol. The number of pyridine rings is 1. The maximum absolute atomic E-state index is 12.9. The number of halogens is 1. The standard InChI is InChI=1S/C23H27ClN2O2/c1-15-9-11-16(12-10-15)25-22(27)14-26-21-8-4-6-18(21)19(13-23(26)28)17-5-2-3-7-20(17)24/h2-3,5,7,13,15-16H,4,6,8-12,14H2,1H3,(H,25,27). The fourth-order valence-corrected chi connectivity index (χ4v) is 4.89. The molecule has 0 bridgehead atoms. The average Bonchev–Trinajstić information content (AvgIpc) is 3.16. The Hall–Kier alpha value is -2.07. The Kier molecular flexibility index (Phi) is 5.58. The van der Waals surface area contributed by atoms with Crippen LogP contribution in [0.2, 0.25) is 5.02 Å². The van der Waals surface area contributed by atoms with Gasteiger partial charge in [-0.1, -0.05) is 36.7 Å². The topological polar surface area (TPSA) is 51.1 Å². The Bertz CT molecular complexity index is 942. The summed E-state index contributed by atoms with van der Waals surface area (Å²) in [5.41, 5.74) is 3.85. The number of rotatable bonds is 4. The number of carbonyl (C=O) groups excluding carboxylic acids is 1. The second-order valence-corrected chi connectivity index (χ2v) is 8.67. The number of fused-ring (bicyclic) bond motifs is 1.